The van der Waals surface area contributed by atoms with Gasteiger partial charge in [0.05, 0.1) is 10.9 Å². The number of hydrogen-bond donors (Lipinski definition) is 3. The highest BCUT2D eigenvalue weighted by atomic mass is 16.1. The number of fused-ring (bicyclic) bond motifs is 1. The lowest BCUT2D eigenvalue weighted by Gasteiger charge is -2.10. The van der Waals surface area contributed by atoms with Gasteiger partial charge in [0, 0.05) is 0 Å². The summed E-state index contributed by atoms with van der Waals surface area (Å²) in [5.41, 5.74) is 13.7. The van der Waals surface area contributed by atoms with Crippen molar-refractivity contribution in [3.8, 4) is 11.1 Å². The maximum absolute atomic E-state index is 12.3. The van der Waals surface area contributed by atoms with Crippen LogP contribution in [0.3, 0.4) is 0 Å². The molecule has 0 fully saturated rings. The molecule has 0 atom stereocenters. The predicted octanol–water partition coefficient (Wildman–Crippen LogP) is 1.46. The summed E-state index contributed by atoms with van der Waals surface area (Å²) in [4.78, 5) is 23.0. The van der Waals surface area contributed by atoms with E-state index in [9.17, 15) is 4.79 Å². The lowest BCUT2D eigenvalue weighted by Crippen LogP contribution is -2.14. The van der Waals surface area contributed by atoms with Gasteiger partial charge in [-0.15, -0.1) is 0 Å². The van der Waals surface area contributed by atoms with Gasteiger partial charge in [-0.1, -0.05) is 30.3 Å². The zero-order valence-electron chi connectivity index (χ0n) is 10.8. The summed E-state index contributed by atoms with van der Waals surface area (Å²) in [6.45, 7) is 1.83. The third-order valence-corrected chi connectivity index (χ3v) is 3.23. The van der Waals surface area contributed by atoms with Crippen LogP contribution in [0, 0.1) is 6.92 Å². The van der Waals surface area contributed by atoms with Gasteiger partial charge in [0.25, 0.3) is 5.56 Å². The van der Waals surface area contributed by atoms with E-state index < -0.39 is 0 Å². The molecule has 0 saturated heterocycles. The van der Waals surface area contributed by atoms with Gasteiger partial charge >= 0.3 is 0 Å². The number of aromatic amines is 1. The zero-order chi connectivity index (χ0) is 14.3. The fourth-order valence-electron chi connectivity index (χ4n) is 2.37. The number of nitrogen functional groups attached to an aromatic ring is 2. The maximum atomic E-state index is 12.3. The Morgan fingerprint density at radius 2 is 1.80 bits per heavy atom. The molecule has 5 N–H and O–H groups in total. The van der Waals surface area contributed by atoms with Crippen molar-refractivity contribution in [2.75, 3.05) is 11.5 Å². The average molecular weight is 267 g/mol. The van der Waals surface area contributed by atoms with Crippen LogP contribution < -0.4 is 17.0 Å². The van der Waals surface area contributed by atoms with Crippen molar-refractivity contribution in [3.63, 3.8) is 0 Å². The first-order valence-corrected chi connectivity index (χ1v) is 6.09. The highest BCUT2D eigenvalue weighted by Crippen LogP contribution is 2.27. The van der Waals surface area contributed by atoms with Gasteiger partial charge in [-0.05, 0) is 18.1 Å². The molecule has 0 aliphatic carbocycles. The zero-order valence-corrected chi connectivity index (χ0v) is 10.8. The van der Waals surface area contributed by atoms with Crippen LogP contribution in [0.1, 0.15) is 5.56 Å². The van der Waals surface area contributed by atoms with Crippen molar-refractivity contribution >= 4 is 22.8 Å². The summed E-state index contributed by atoms with van der Waals surface area (Å²) < 4.78 is 0. The lowest BCUT2D eigenvalue weighted by atomic mass is 10.00. The largest absolute Gasteiger partial charge is 0.383 e. The molecule has 6 nitrogen and oxygen atoms in total. The van der Waals surface area contributed by atoms with Crippen molar-refractivity contribution in [3.05, 3.63) is 46.2 Å². The quantitative estimate of drug-likeness (QED) is 0.618. The fourth-order valence-corrected chi connectivity index (χ4v) is 2.37. The van der Waals surface area contributed by atoms with E-state index in [4.69, 9.17) is 11.5 Å². The minimum absolute atomic E-state index is 0.0394. The summed E-state index contributed by atoms with van der Waals surface area (Å²) in [6.07, 6.45) is 0. The third-order valence-electron chi connectivity index (χ3n) is 3.23. The second-order valence-corrected chi connectivity index (χ2v) is 4.51. The lowest BCUT2D eigenvalue weighted by molar-refractivity contribution is 1.17. The second kappa shape index (κ2) is 4.34. The Morgan fingerprint density at radius 3 is 2.50 bits per heavy atom. The van der Waals surface area contributed by atoms with Crippen LogP contribution in [0.2, 0.25) is 0 Å². The van der Waals surface area contributed by atoms with Crippen LogP contribution in [-0.4, -0.2) is 15.0 Å². The van der Waals surface area contributed by atoms with E-state index in [-0.39, 0.29) is 17.3 Å². The number of anilines is 2. The predicted molar refractivity (Wildman–Crippen MR) is 79.2 cm³/mol. The Bertz CT molecular complexity index is 855. The number of pyridine rings is 1. The van der Waals surface area contributed by atoms with E-state index in [0.717, 1.165) is 11.1 Å². The molecule has 2 heterocycles. The van der Waals surface area contributed by atoms with Crippen LogP contribution in [-0.2, 0) is 0 Å². The smallest absolute Gasteiger partial charge is 0.257 e. The number of rotatable bonds is 1. The minimum Gasteiger partial charge on any atom is -0.383 e. The summed E-state index contributed by atoms with van der Waals surface area (Å²) in [5.74, 6) is 0.302. The molecular weight excluding hydrogens is 254 g/mol. The molecule has 0 unspecified atom stereocenters. The second-order valence-electron chi connectivity index (χ2n) is 4.51. The van der Waals surface area contributed by atoms with Crippen LogP contribution in [0.5, 0.6) is 0 Å². The van der Waals surface area contributed by atoms with Crippen LogP contribution in [0.25, 0.3) is 22.2 Å². The number of nitrogens with two attached hydrogens (primary N) is 2. The van der Waals surface area contributed by atoms with E-state index in [1.54, 1.807) is 0 Å². The third kappa shape index (κ3) is 1.78. The molecule has 20 heavy (non-hydrogen) atoms. The Labute approximate surface area is 114 Å². The SMILES string of the molecule is Cc1c(-c2ccccc2)c(=O)[nH]c2nc(N)nc(N)c12. The monoisotopic (exact) mass is 267 g/mol. The first-order valence-electron chi connectivity index (χ1n) is 6.09. The van der Waals surface area contributed by atoms with Gasteiger partial charge in [0.2, 0.25) is 5.95 Å². The molecule has 6 heteroatoms. The van der Waals surface area contributed by atoms with Gasteiger partial charge in [0.15, 0.2) is 0 Å². The van der Waals surface area contributed by atoms with Gasteiger partial charge in [0.1, 0.15) is 11.5 Å². The van der Waals surface area contributed by atoms with Gasteiger partial charge < -0.3 is 16.5 Å². The molecule has 3 aromatic rings. The molecule has 0 radical (unpaired) electrons. The van der Waals surface area contributed by atoms with Gasteiger partial charge in [-0.25, -0.2) is 0 Å². The number of hydrogen-bond acceptors (Lipinski definition) is 5. The normalized spacial score (nSPS) is 10.8. The molecule has 0 bridgehead atoms. The van der Waals surface area contributed by atoms with Crippen LogP contribution in [0.4, 0.5) is 11.8 Å². The Kier molecular flexibility index (Phi) is 2.64. The van der Waals surface area contributed by atoms with Gasteiger partial charge in [-0.3, -0.25) is 4.79 Å². The number of benzene rings is 1. The number of aryl methyl sites for hydroxylation is 1. The van der Waals surface area contributed by atoms with E-state index in [1.807, 2.05) is 37.3 Å². The number of nitrogens with one attached hydrogen (secondary N) is 1. The summed E-state index contributed by atoms with van der Waals surface area (Å²) in [7, 11) is 0. The summed E-state index contributed by atoms with van der Waals surface area (Å²) in [5, 5.41) is 0.623. The molecule has 0 aliphatic rings. The standard InChI is InChI=1S/C14H13N5O/c1-7-9(8-5-3-2-4-6-8)13(20)18-12-10(7)11(15)17-14(16)19-12/h2-6H,1H3,(H5,15,16,17,18,19,20). The van der Waals surface area contributed by atoms with Crippen molar-refractivity contribution in [2.24, 2.45) is 0 Å². The first kappa shape index (κ1) is 12.2. The minimum atomic E-state index is -0.223. The fraction of sp³-hybridized carbons (Fsp3) is 0.0714. The van der Waals surface area contributed by atoms with Gasteiger partial charge in [-0.2, -0.15) is 9.97 Å². The molecule has 1 aromatic carbocycles. The van der Waals surface area contributed by atoms with Crippen molar-refractivity contribution < 1.29 is 0 Å². The molecule has 0 aliphatic heterocycles. The Balaban J connectivity index is 2.44. The number of nitrogens with zero attached hydrogens (tertiary/aromatic N) is 2. The first-order chi connectivity index (χ1) is 9.58. The van der Waals surface area contributed by atoms with Crippen LogP contribution >= 0.6 is 0 Å². The molecule has 0 saturated carbocycles. The molecule has 0 amide bonds. The number of H-pyrrole nitrogens is 1. The summed E-state index contributed by atoms with van der Waals surface area (Å²) >= 11 is 0. The van der Waals surface area contributed by atoms with E-state index in [0.29, 0.717) is 16.6 Å². The highest BCUT2D eigenvalue weighted by molar-refractivity contribution is 5.93. The molecule has 3 rings (SSSR count). The van der Waals surface area contributed by atoms with Crippen molar-refractivity contribution in [1.29, 1.82) is 0 Å². The van der Waals surface area contributed by atoms with Crippen molar-refractivity contribution in [1.82, 2.24) is 15.0 Å². The highest BCUT2D eigenvalue weighted by Gasteiger charge is 2.15. The van der Waals surface area contributed by atoms with Crippen molar-refractivity contribution in [2.45, 2.75) is 6.92 Å². The Morgan fingerprint density at radius 1 is 1.10 bits per heavy atom. The Hall–Kier alpha value is -2.89. The average Bonchev–Trinajstić information content (AvgIpc) is 2.38. The molecule has 100 valence electrons. The molecule has 2 aromatic heterocycles. The van der Waals surface area contributed by atoms with E-state index >= 15 is 0 Å². The van der Waals surface area contributed by atoms with Crippen LogP contribution in [0.15, 0.2) is 35.1 Å². The summed E-state index contributed by atoms with van der Waals surface area (Å²) in [6, 6.07) is 9.39. The maximum Gasteiger partial charge on any atom is 0.257 e. The number of aromatic nitrogens is 3. The van der Waals surface area contributed by atoms with E-state index in [2.05, 4.69) is 15.0 Å². The van der Waals surface area contributed by atoms with E-state index in [1.165, 1.54) is 0 Å². The molecular formula is C14H13N5O. The topological polar surface area (TPSA) is 111 Å². The molecule has 0 spiro atoms.